The molecule has 2 fully saturated rings. The largest absolute Gasteiger partial charge is 0.454 e. The Morgan fingerprint density at radius 3 is 2.87 bits per heavy atom. The Balaban J connectivity index is 2.19. The van der Waals surface area contributed by atoms with Gasteiger partial charge in [-0.25, -0.2) is 4.99 Å². The molecule has 0 amide bonds. The van der Waals surface area contributed by atoms with E-state index in [0.29, 0.717) is 12.1 Å². The molecule has 0 N–H and O–H groups in total. The molecule has 5 heteroatoms. The summed E-state index contributed by atoms with van der Waals surface area (Å²) in [4.78, 5) is 6.16. The van der Waals surface area contributed by atoms with Gasteiger partial charge in [-0.3, -0.25) is 0 Å². The van der Waals surface area contributed by atoms with Crippen LogP contribution in [-0.2, 0) is 14.2 Å². The quantitative estimate of drug-likeness (QED) is 0.635. The highest BCUT2D eigenvalue weighted by Crippen LogP contribution is 2.31. The summed E-state index contributed by atoms with van der Waals surface area (Å²) in [6, 6.07) is 0.974. The monoisotopic (exact) mass is 214 g/mol. The first-order chi connectivity index (χ1) is 7.17. The average Bonchev–Trinajstić information content (AvgIpc) is 2.55. The van der Waals surface area contributed by atoms with Gasteiger partial charge >= 0.3 is 0 Å². The van der Waals surface area contributed by atoms with E-state index in [1.54, 1.807) is 14.2 Å². The Hall–Kier alpha value is -0.810. The highest BCUT2D eigenvalue weighted by molar-refractivity contribution is 5.76. The zero-order valence-electron chi connectivity index (χ0n) is 9.64. The minimum absolute atomic E-state index is 0.0603. The second-order valence-corrected chi connectivity index (χ2v) is 4.05. The van der Waals surface area contributed by atoms with Gasteiger partial charge in [-0.05, 0) is 13.3 Å². The molecule has 0 bridgehead atoms. The summed E-state index contributed by atoms with van der Waals surface area (Å²) >= 11 is 0. The van der Waals surface area contributed by atoms with Gasteiger partial charge in [0.15, 0.2) is 12.4 Å². The van der Waals surface area contributed by atoms with Crippen molar-refractivity contribution in [2.45, 2.75) is 37.9 Å². The minimum atomic E-state index is -0.291. The van der Waals surface area contributed by atoms with E-state index < -0.39 is 0 Å². The van der Waals surface area contributed by atoms with Crippen LogP contribution >= 0.6 is 0 Å². The van der Waals surface area contributed by atoms with E-state index in [0.717, 1.165) is 6.42 Å². The summed E-state index contributed by atoms with van der Waals surface area (Å²) < 4.78 is 16.7. The maximum atomic E-state index is 5.70. The standard InChI is InChI=1S/C10H18N2O3/c1-6-5-7-8(9(13-4)14-6)15-10(11-2)12(7)3/h6-9H,5H2,1-4H3/t6-,7?,8-,9-/m1/s1. The molecule has 5 nitrogen and oxygen atoms in total. The molecule has 2 aliphatic heterocycles. The number of aliphatic imine (C=N–C) groups is 1. The van der Waals surface area contributed by atoms with Gasteiger partial charge in [-0.15, -0.1) is 0 Å². The molecular weight excluding hydrogens is 196 g/mol. The Labute approximate surface area is 90.0 Å². The first-order valence-electron chi connectivity index (χ1n) is 5.22. The molecule has 4 atom stereocenters. The lowest BCUT2D eigenvalue weighted by atomic mass is 10.0. The number of methoxy groups -OCH3 is 1. The summed E-state index contributed by atoms with van der Waals surface area (Å²) in [6.45, 7) is 2.05. The number of hydrogen-bond acceptors (Lipinski definition) is 4. The van der Waals surface area contributed by atoms with E-state index >= 15 is 0 Å². The van der Waals surface area contributed by atoms with Crippen LogP contribution in [-0.4, -0.2) is 56.7 Å². The van der Waals surface area contributed by atoms with Crippen LogP contribution in [0.3, 0.4) is 0 Å². The fourth-order valence-corrected chi connectivity index (χ4v) is 2.28. The molecule has 86 valence electrons. The third-order valence-corrected chi connectivity index (χ3v) is 3.05. The molecule has 0 aromatic carbocycles. The zero-order chi connectivity index (χ0) is 11.0. The van der Waals surface area contributed by atoms with Gasteiger partial charge < -0.3 is 19.1 Å². The Kier molecular flexibility index (Phi) is 2.84. The van der Waals surface area contributed by atoms with Crippen molar-refractivity contribution < 1.29 is 14.2 Å². The lowest BCUT2D eigenvalue weighted by Crippen LogP contribution is -2.49. The van der Waals surface area contributed by atoms with Crippen LogP contribution in [0.4, 0.5) is 0 Å². The summed E-state index contributed by atoms with van der Waals surface area (Å²) in [6.07, 6.45) is 0.786. The zero-order valence-corrected chi connectivity index (χ0v) is 9.64. The van der Waals surface area contributed by atoms with Crippen molar-refractivity contribution in [2.24, 2.45) is 4.99 Å². The van der Waals surface area contributed by atoms with Crippen LogP contribution in [0.25, 0.3) is 0 Å². The summed E-state index contributed by atoms with van der Waals surface area (Å²) in [5, 5.41) is 0. The third kappa shape index (κ3) is 1.70. The second kappa shape index (κ2) is 3.98. The van der Waals surface area contributed by atoms with Crippen molar-refractivity contribution in [3.8, 4) is 0 Å². The number of nitrogens with zero attached hydrogens (tertiary/aromatic N) is 2. The van der Waals surface area contributed by atoms with Gasteiger partial charge in [0.2, 0.25) is 0 Å². The Morgan fingerprint density at radius 2 is 2.27 bits per heavy atom. The first-order valence-corrected chi connectivity index (χ1v) is 5.22. The molecule has 2 aliphatic rings. The summed E-state index contributed by atoms with van der Waals surface area (Å²) in [7, 11) is 5.37. The van der Waals surface area contributed by atoms with E-state index in [1.807, 2.05) is 7.05 Å². The average molecular weight is 214 g/mol. The van der Waals surface area contributed by atoms with Crippen molar-refractivity contribution >= 4 is 6.02 Å². The number of ether oxygens (including phenoxy) is 3. The summed E-state index contributed by atoms with van der Waals surface area (Å²) in [5.74, 6) is 0. The number of amidine groups is 1. The smallest absolute Gasteiger partial charge is 0.287 e. The molecule has 0 aromatic heterocycles. The van der Waals surface area contributed by atoms with Crippen molar-refractivity contribution in [1.29, 1.82) is 0 Å². The number of likely N-dealkylation sites (N-methyl/N-ethyl adjacent to an activating group) is 1. The van der Waals surface area contributed by atoms with Crippen LogP contribution in [0.1, 0.15) is 13.3 Å². The second-order valence-electron chi connectivity index (χ2n) is 4.05. The van der Waals surface area contributed by atoms with Gasteiger partial charge in [0.1, 0.15) is 0 Å². The molecule has 0 aromatic rings. The van der Waals surface area contributed by atoms with Gasteiger partial charge in [0.25, 0.3) is 6.02 Å². The predicted octanol–water partition coefficient (Wildman–Crippen LogP) is 0.453. The van der Waals surface area contributed by atoms with E-state index in [-0.39, 0.29) is 18.5 Å². The van der Waals surface area contributed by atoms with Gasteiger partial charge in [0, 0.05) is 21.2 Å². The molecule has 0 aliphatic carbocycles. The summed E-state index contributed by atoms with van der Waals surface area (Å²) in [5.41, 5.74) is 0. The lowest BCUT2D eigenvalue weighted by Gasteiger charge is -2.35. The maximum Gasteiger partial charge on any atom is 0.287 e. The number of hydrogen-bond donors (Lipinski definition) is 0. The third-order valence-electron chi connectivity index (χ3n) is 3.05. The Bertz CT molecular complexity index is 269. The molecule has 0 saturated carbocycles. The molecule has 15 heavy (non-hydrogen) atoms. The van der Waals surface area contributed by atoms with Crippen molar-refractivity contribution in [3.05, 3.63) is 0 Å². The molecule has 0 spiro atoms. The fraction of sp³-hybridized carbons (Fsp3) is 0.900. The Morgan fingerprint density at radius 1 is 1.53 bits per heavy atom. The van der Waals surface area contributed by atoms with E-state index in [1.165, 1.54) is 0 Å². The predicted molar refractivity (Wildman–Crippen MR) is 55.7 cm³/mol. The molecule has 2 saturated heterocycles. The topological polar surface area (TPSA) is 43.3 Å². The van der Waals surface area contributed by atoms with Crippen LogP contribution < -0.4 is 0 Å². The highest BCUT2D eigenvalue weighted by atomic mass is 16.7. The van der Waals surface area contributed by atoms with Crippen LogP contribution in [0.5, 0.6) is 0 Å². The van der Waals surface area contributed by atoms with Gasteiger partial charge in [0.05, 0.1) is 12.1 Å². The van der Waals surface area contributed by atoms with E-state index in [4.69, 9.17) is 14.2 Å². The minimum Gasteiger partial charge on any atom is -0.454 e. The molecule has 2 rings (SSSR count). The normalized spacial score (nSPS) is 42.9. The van der Waals surface area contributed by atoms with Gasteiger partial charge in [-0.2, -0.15) is 0 Å². The van der Waals surface area contributed by atoms with Crippen LogP contribution in [0.2, 0.25) is 0 Å². The maximum absolute atomic E-state index is 5.70. The number of fused-ring (bicyclic) bond motifs is 1. The van der Waals surface area contributed by atoms with Gasteiger partial charge in [-0.1, -0.05) is 0 Å². The molecule has 2 heterocycles. The van der Waals surface area contributed by atoms with Crippen LogP contribution in [0.15, 0.2) is 4.99 Å². The SMILES string of the molecule is CN=C1O[C@@H]2C(C[C@@H](C)O[C@H]2OC)N1C. The molecular formula is C10H18N2O3. The number of rotatable bonds is 1. The van der Waals surface area contributed by atoms with Crippen molar-refractivity contribution in [2.75, 3.05) is 21.2 Å². The first kappa shape index (κ1) is 10.7. The van der Waals surface area contributed by atoms with Crippen LogP contribution in [0, 0.1) is 0 Å². The van der Waals surface area contributed by atoms with Crippen molar-refractivity contribution in [1.82, 2.24) is 4.90 Å². The fourth-order valence-electron chi connectivity index (χ4n) is 2.28. The van der Waals surface area contributed by atoms with Crippen molar-refractivity contribution in [3.63, 3.8) is 0 Å². The lowest BCUT2D eigenvalue weighted by molar-refractivity contribution is -0.223. The molecule has 1 unspecified atom stereocenters. The van der Waals surface area contributed by atoms with E-state index in [9.17, 15) is 0 Å². The highest BCUT2D eigenvalue weighted by Gasteiger charge is 2.47. The molecule has 0 radical (unpaired) electrons. The van der Waals surface area contributed by atoms with E-state index in [2.05, 4.69) is 16.8 Å².